The summed E-state index contributed by atoms with van der Waals surface area (Å²) in [7, 11) is 0. The Morgan fingerprint density at radius 2 is 1.36 bits per heavy atom. The third kappa shape index (κ3) is 5.14. The lowest BCUT2D eigenvalue weighted by molar-refractivity contribution is -0.0498. The van der Waals surface area contributed by atoms with Gasteiger partial charge in [0, 0.05) is 11.3 Å². The van der Waals surface area contributed by atoms with E-state index in [9.17, 15) is 18.4 Å². The van der Waals surface area contributed by atoms with Crippen LogP contribution in [-0.2, 0) is 0 Å². The molecular weight excluding hydrogens is 368 g/mol. The number of halogens is 2. The predicted molar refractivity (Wildman–Crippen MR) is 98.9 cm³/mol. The number of hydrogen-bond acceptors (Lipinski definition) is 4. The van der Waals surface area contributed by atoms with Crippen molar-refractivity contribution < 1.29 is 27.8 Å². The van der Waals surface area contributed by atoms with E-state index in [-0.39, 0.29) is 23.0 Å². The molecule has 0 spiro atoms. The number of hydrogen-bond donors (Lipinski definition) is 1. The highest BCUT2D eigenvalue weighted by molar-refractivity contribution is 6.04. The van der Waals surface area contributed by atoms with Gasteiger partial charge >= 0.3 is 12.6 Å². The highest BCUT2D eigenvalue weighted by Gasteiger charge is 2.11. The van der Waals surface area contributed by atoms with Crippen molar-refractivity contribution in [2.24, 2.45) is 0 Å². The smallest absolute Gasteiger partial charge is 0.387 e. The lowest BCUT2D eigenvalue weighted by Gasteiger charge is -2.08. The number of anilines is 1. The zero-order chi connectivity index (χ0) is 19.9. The zero-order valence-corrected chi connectivity index (χ0v) is 14.5. The lowest BCUT2D eigenvalue weighted by Crippen LogP contribution is -2.12. The van der Waals surface area contributed by atoms with Gasteiger partial charge in [0.1, 0.15) is 11.5 Å². The second kappa shape index (κ2) is 8.77. The van der Waals surface area contributed by atoms with Crippen molar-refractivity contribution in [2.45, 2.75) is 6.61 Å². The van der Waals surface area contributed by atoms with Crippen LogP contribution in [0.2, 0.25) is 0 Å². The topological polar surface area (TPSA) is 64.6 Å². The van der Waals surface area contributed by atoms with E-state index >= 15 is 0 Å². The number of carbonyl (C=O) groups excluding carboxylic acids is 2. The zero-order valence-electron chi connectivity index (χ0n) is 14.5. The minimum atomic E-state index is -2.93. The Hall–Kier alpha value is -3.74. The van der Waals surface area contributed by atoms with Crippen molar-refractivity contribution >= 4 is 17.6 Å². The van der Waals surface area contributed by atoms with Gasteiger partial charge in [-0.25, -0.2) is 4.79 Å². The lowest BCUT2D eigenvalue weighted by atomic mass is 10.2. The summed E-state index contributed by atoms with van der Waals surface area (Å²) in [4.78, 5) is 24.2. The van der Waals surface area contributed by atoms with Crippen LogP contribution in [0.1, 0.15) is 20.7 Å². The quantitative estimate of drug-likeness (QED) is 0.492. The van der Waals surface area contributed by atoms with Crippen LogP contribution in [0, 0.1) is 0 Å². The Morgan fingerprint density at radius 1 is 0.750 bits per heavy atom. The van der Waals surface area contributed by atoms with Crippen molar-refractivity contribution in [1.82, 2.24) is 0 Å². The molecule has 0 aliphatic heterocycles. The standard InChI is InChI=1S/C21H15F2NO4/c22-21(23)28-18-10-6-15(7-11-18)20(26)27-17-12-8-16(9-13-17)24-19(25)14-4-2-1-3-5-14/h1-13,21H,(H,24,25). The maximum Gasteiger partial charge on any atom is 0.387 e. The van der Waals surface area contributed by atoms with Crippen LogP contribution in [0.4, 0.5) is 14.5 Å². The summed E-state index contributed by atoms with van der Waals surface area (Å²) in [5.74, 6) is -0.679. The highest BCUT2D eigenvalue weighted by Crippen LogP contribution is 2.19. The average Bonchev–Trinajstić information content (AvgIpc) is 2.70. The minimum absolute atomic E-state index is 0.0509. The summed E-state index contributed by atoms with van der Waals surface area (Å²) in [6, 6.07) is 20.2. The number of nitrogens with one attached hydrogen (secondary N) is 1. The van der Waals surface area contributed by atoms with Gasteiger partial charge in [-0.15, -0.1) is 0 Å². The molecule has 28 heavy (non-hydrogen) atoms. The van der Waals surface area contributed by atoms with Crippen LogP contribution in [0.25, 0.3) is 0 Å². The van der Waals surface area contributed by atoms with Gasteiger partial charge in [-0.05, 0) is 60.7 Å². The van der Waals surface area contributed by atoms with Gasteiger partial charge in [-0.3, -0.25) is 4.79 Å². The Labute approximate surface area is 159 Å². The highest BCUT2D eigenvalue weighted by atomic mass is 19.3. The van der Waals surface area contributed by atoms with E-state index < -0.39 is 12.6 Å². The van der Waals surface area contributed by atoms with Crippen molar-refractivity contribution in [3.63, 3.8) is 0 Å². The normalized spacial score (nSPS) is 10.4. The Balaban J connectivity index is 1.59. The molecule has 3 rings (SSSR count). The molecule has 142 valence electrons. The molecule has 0 atom stereocenters. The molecule has 3 aromatic rings. The molecule has 0 saturated heterocycles. The van der Waals surface area contributed by atoms with Gasteiger partial charge in [0.2, 0.25) is 0 Å². The fourth-order valence-corrected chi connectivity index (χ4v) is 2.34. The van der Waals surface area contributed by atoms with Crippen LogP contribution >= 0.6 is 0 Å². The number of alkyl halides is 2. The van der Waals surface area contributed by atoms with Crippen LogP contribution in [-0.4, -0.2) is 18.5 Å². The molecule has 3 aromatic carbocycles. The molecule has 0 aromatic heterocycles. The van der Waals surface area contributed by atoms with Gasteiger partial charge < -0.3 is 14.8 Å². The monoisotopic (exact) mass is 383 g/mol. The predicted octanol–water partition coefficient (Wildman–Crippen LogP) is 4.76. The maximum absolute atomic E-state index is 12.1. The van der Waals surface area contributed by atoms with Gasteiger partial charge in [0.15, 0.2) is 0 Å². The molecule has 0 radical (unpaired) electrons. The molecule has 0 unspecified atom stereocenters. The third-order valence-electron chi connectivity index (χ3n) is 3.67. The van der Waals surface area contributed by atoms with E-state index in [1.54, 1.807) is 36.4 Å². The number of ether oxygens (including phenoxy) is 2. The van der Waals surface area contributed by atoms with Crippen LogP contribution in [0.5, 0.6) is 11.5 Å². The third-order valence-corrected chi connectivity index (χ3v) is 3.67. The van der Waals surface area contributed by atoms with Gasteiger partial charge in [-0.2, -0.15) is 8.78 Å². The van der Waals surface area contributed by atoms with Crippen LogP contribution < -0.4 is 14.8 Å². The first-order valence-electron chi connectivity index (χ1n) is 8.25. The summed E-state index contributed by atoms with van der Waals surface area (Å²) in [5, 5.41) is 2.74. The average molecular weight is 383 g/mol. The summed E-state index contributed by atoms with van der Waals surface area (Å²) in [6.07, 6.45) is 0. The van der Waals surface area contributed by atoms with Crippen molar-refractivity contribution in [1.29, 1.82) is 0 Å². The number of benzene rings is 3. The minimum Gasteiger partial charge on any atom is -0.435 e. The van der Waals surface area contributed by atoms with Gasteiger partial charge in [0.25, 0.3) is 5.91 Å². The summed E-state index contributed by atoms with van der Waals surface area (Å²) in [5.41, 5.74) is 1.25. The molecule has 7 heteroatoms. The first-order chi connectivity index (χ1) is 13.5. The van der Waals surface area contributed by atoms with Gasteiger partial charge in [0.05, 0.1) is 5.56 Å². The molecule has 0 heterocycles. The van der Waals surface area contributed by atoms with E-state index in [2.05, 4.69) is 10.1 Å². The van der Waals surface area contributed by atoms with E-state index in [1.165, 1.54) is 36.4 Å². The fourth-order valence-electron chi connectivity index (χ4n) is 2.34. The summed E-state index contributed by atoms with van der Waals surface area (Å²) >= 11 is 0. The molecule has 5 nitrogen and oxygen atoms in total. The van der Waals surface area contributed by atoms with E-state index in [0.717, 1.165) is 0 Å². The number of carbonyl (C=O) groups is 2. The van der Waals surface area contributed by atoms with E-state index in [1.807, 2.05) is 6.07 Å². The van der Waals surface area contributed by atoms with Crippen LogP contribution in [0.3, 0.4) is 0 Å². The number of esters is 1. The Morgan fingerprint density at radius 3 is 1.96 bits per heavy atom. The molecule has 1 N–H and O–H groups in total. The van der Waals surface area contributed by atoms with Crippen molar-refractivity contribution in [3.8, 4) is 11.5 Å². The summed E-state index contributed by atoms with van der Waals surface area (Å²) in [6.45, 7) is -2.93. The fraction of sp³-hybridized carbons (Fsp3) is 0.0476. The molecule has 0 bridgehead atoms. The molecule has 0 aliphatic carbocycles. The number of amides is 1. The molecule has 0 aliphatic rings. The molecule has 0 fully saturated rings. The van der Waals surface area contributed by atoms with Gasteiger partial charge in [-0.1, -0.05) is 18.2 Å². The van der Waals surface area contributed by atoms with Crippen LogP contribution in [0.15, 0.2) is 78.9 Å². The van der Waals surface area contributed by atoms with E-state index in [4.69, 9.17) is 4.74 Å². The first-order valence-corrected chi connectivity index (χ1v) is 8.25. The maximum atomic E-state index is 12.1. The second-order valence-electron chi connectivity index (χ2n) is 5.64. The Bertz CT molecular complexity index is 942. The number of rotatable bonds is 6. The molecule has 1 amide bonds. The largest absolute Gasteiger partial charge is 0.435 e. The van der Waals surface area contributed by atoms with E-state index in [0.29, 0.717) is 11.3 Å². The van der Waals surface area contributed by atoms with Crippen molar-refractivity contribution in [3.05, 3.63) is 90.0 Å². The SMILES string of the molecule is O=C(Nc1ccc(OC(=O)c2ccc(OC(F)F)cc2)cc1)c1ccccc1. The van der Waals surface area contributed by atoms with Crippen molar-refractivity contribution in [2.75, 3.05) is 5.32 Å². The first kappa shape index (κ1) is 19.0. The summed E-state index contributed by atoms with van der Waals surface area (Å²) < 4.78 is 33.7. The molecule has 0 saturated carbocycles. The second-order valence-corrected chi connectivity index (χ2v) is 5.64. The molecular formula is C21H15F2NO4. The Kier molecular flexibility index (Phi) is 5.96.